The highest BCUT2D eigenvalue weighted by atomic mass is 28.3. The van der Waals surface area contributed by atoms with Gasteiger partial charge in [-0.1, -0.05) is 195 Å². The van der Waals surface area contributed by atoms with E-state index >= 15 is 17.6 Å². The summed E-state index contributed by atoms with van der Waals surface area (Å²) in [6.45, 7) is 13.7. The van der Waals surface area contributed by atoms with E-state index in [9.17, 15) is 0 Å². The van der Waals surface area contributed by atoms with E-state index in [2.05, 4.69) is 87.8 Å². The number of halogens is 4. The first-order valence-corrected chi connectivity index (χ1v) is 32.1. The molecule has 0 saturated heterocycles. The molecule has 0 radical (unpaired) electrons. The smallest absolute Gasteiger partial charge is 0.148 e. The van der Waals surface area contributed by atoms with Gasteiger partial charge in [-0.2, -0.15) is 0 Å². The van der Waals surface area contributed by atoms with Gasteiger partial charge in [0.1, 0.15) is 23.3 Å². The van der Waals surface area contributed by atoms with Gasteiger partial charge in [0.25, 0.3) is 0 Å². The maximum atomic E-state index is 17.3. The van der Waals surface area contributed by atoms with Crippen molar-refractivity contribution >= 4 is 115 Å². The fourth-order valence-corrected chi connectivity index (χ4v) is 13.3. The first-order chi connectivity index (χ1) is 35.6. The SMILES string of the molecule is C[Si](C)(C)c1ccc(N(c2cc(F)c(-c3cccc4ccccc34)cc2F)c2ccc3ccc4c(N(c5ccc([Si](C)(C)C)cc5)c5cc(F)c(-c6cccc7ccccc67)cc5F)ccc5ccc2c3c54)cc1. The van der Waals surface area contributed by atoms with Crippen LogP contribution in [0.2, 0.25) is 39.3 Å². The number of nitrogens with zero attached hydrogens (tertiary/aromatic N) is 2. The van der Waals surface area contributed by atoms with Gasteiger partial charge in [-0.05, 0) is 103 Å². The molecular weight excluding hydrogens is 953 g/mol. The Morgan fingerprint density at radius 2 is 0.649 bits per heavy atom. The summed E-state index contributed by atoms with van der Waals surface area (Å²) < 4.78 is 68.6. The number of hydrogen-bond acceptors (Lipinski definition) is 2. The number of fused-ring (bicyclic) bond motifs is 2. The van der Waals surface area contributed by atoms with Crippen molar-refractivity contribution in [3.63, 3.8) is 0 Å². The molecule has 362 valence electrons. The lowest BCUT2D eigenvalue weighted by atomic mass is 9.91. The van der Waals surface area contributed by atoms with E-state index < -0.39 is 39.4 Å². The Morgan fingerprint density at radius 3 is 1.04 bits per heavy atom. The predicted molar refractivity (Wildman–Crippen MR) is 311 cm³/mol. The van der Waals surface area contributed by atoms with Crippen LogP contribution in [0.1, 0.15) is 0 Å². The molecule has 0 aliphatic heterocycles. The zero-order chi connectivity index (χ0) is 51.2. The fourth-order valence-electron chi connectivity index (χ4n) is 10.9. The van der Waals surface area contributed by atoms with E-state index in [1.54, 1.807) is 0 Å². The number of hydrogen-bond donors (Lipinski definition) is 0. The minimum absolute atomic E-state index is 0.0698. The zero-order valence-corrected chi connectivity index (χ0v) is 44.0. The van der Waals surface area contributed by atoms with Crippen LogP contribution in [0.4, 0.5) is 51.7 Å². The quantitative estimate of drug-likeness (QED) is 0.0765. The van der Waals surface area contributed by atoms with Gasteiger partial charge in [0.05, 0.1) is 38.9 Å². The Morgan fingerprint density at radius 1 is 0.284 bits per heavy atom. The molecule has 0 aromatic heterocycles. The Balaban J connectivity index is 1.07. The lowest BCUT2D eigenvalue weighted by Crippen LogP contribution is -2.37. The molecule has 74 heavy (non-hydrogen) atoms. The summed E-state index contributed by atoms with van der Waals surface area (Å²) in [5.41, 5.74) is 4.39. The van der Waals surface area contributed by atoms with Gasteiger partial charge in [-0.15, -0.1) is 0 Å². The van der Waals surface area contributed by atoms with Gasteiger partial charge in [-0.25, -0.2) is 17.6 Å². The molecule has 0 heterocycles. The Bertz CT molecular complexity index is 3880. The molecule has 0 aliphatic rings. The minimum atomic E-state index is -1.73. The Hall–Kier alpha value is -8.05. The van der Waals surface area contributed by atoms with Crippen LogP contribution in [-0.4, -0.2) is 16.1 Å². The van der Waals surface area contributed by atoms with Crippen LogP contribution in [0.25, 0.3) is 76.1 Å². The van der Waals surface area contributed by atoms with Gasteiger partial charge in [-0.3, -0.25) is 0 Å². The first kappa shape index (κ1) is 47.0. The highest BCUT2D eigenvalue weighted by Crippen LogP contribution is 2.49. The third kappa shape index (κ3) is 8.00. The van der Waals surface area contributed by atoms with Crippen molar-refractivity contribution < 1.29 is 17.6 Å². The number of benzene rings is 12. The van der Waals surface area contributed by atoms with Crippen LogP contribution in [0.3, 0.4) is 0 Å². The van der Waals surface area contributed by atoms with Crippen molar-refractivity contribution in [1.82, 2.24) is 0 Å². The van der Waals surface area contributed by atoms with Crippen LogP contribution < -0.4 is 20.2 Å². The molecule has 12 aromatic rings. The van der Waals surface area contributed by atoms with E-state index in [4.69, 9.17) is 0 Å². The average molecular weight is 1010 g/mol. The molecular formula is C66H52F4N2Si2. The van der Waals surface area contributed by atoms with Crippen molar-refractivity contribution in [2.24, 2.45) is 0 Å². The van der Waals surface area contributed by atoms with Crippen molar-refractivity contribution in [2.45, 2.75) is 39.3 Å². The molecule has 12 rings (SSSR count). The standard InChI is InChI=1S/C66H52F4N2Si2/c1-73(2,3)47-29-25-45(26-30-47)71(63-39-57(67)55(37-59(63)69)51-19-11-15-41-13-7-9-17-49(41)51)61-35-23-43-22-34-54-62(36-24-44-21-33-53(61)65(43)66(44)54)72(46-27-31-48(32-28-46)74(4,5)6)64-40-58(68)56(38-60(64)70)52-20-12-16-42-14-8-10-18-50(42)52/h7-40H,1-6H3. The van der Waals surface area contributed by atoms with E-state index in [0.29, 0.717) is 33.9 Å². The molecule has 0 spiro atoms. The lowest BCUT2D eigenvalue weighted by molar-refractivity contribution is 0.604. The highest BCUT2D eigenvalue weighted by molar-refractivity contribution is 6.89. The second kappa shape index (κ2) is 17.9. The Labute approximate surface area is 430 Å². The van der Waals surface area contributed by atoms with Crippen LogP contribution >= 0.6 is 0 Å². The summed E-state index contributed by atoms with van der Waals surface area (Å²) in [6.07, 6.45) is 0. The summed E-state index contributed by atoms with van der Waals surface area (Å²) >= 11 is 0. The molecule has 12 aromatic carbocycles. The first-order valence-electron chi connectivity index (χ1n) is 25.1. The van der Waals surface area contributed by atoms with Crippen LogP contribution in [-0.2, 0) is 0 Å². The van der Waals surface area contributed by atoms with Crippen LogP contribution in [0.5, 0.6) is 0 Å². The summed E-state index contributed by atoms with van der Waals surface area (Å²) in [6, 6.07) is 64.8. The van der Waals surface area contributed by atoms with E-state index in [1.807, 2.05) is 143 Å². The third-order valence-electron chi connectivity index (χ3n) is 14.8. The fraction of sp³-hybridized carbons (Fsp3) is 0.0909. The normalized spacial score (nSPS) is 12.2. The topological polar surface area (TPSA) is 6.48 Å². The van der Waals surface area contributed by atoms with E-state index in [-0.39, 0.29) is 22.5 Å². The molecule has 2 nitrogen and oxygen atoms in total. The second-order valence-corrected chi connectivity index (χ2v) is 31.6. The lowest BCUT2D eigenvalue weighted by Gasteiger charge is -2.30. The monoisotopic (exact) mass is 1000 g/mol. The van der Waals surface area contributed by atoms with Gasteiger partial charge in [0.15, 0.2) is 0 Å². The Kier molecular flexibility index (Phi) is 11.3. The predicted octanol–water partition coefficient (Wildman–Crippen LogP) is 18.8. The maximum absolute atomic E-state index is 17.3. The number of rotatable bonds is 10. The van der Waals surface area contributed by atoms with Gasteiger partial charge in [0.2, 0.25) is 0 Å². The van der Waals surface area contributed by atoms with Gasteiger partial charge in [0, 0.05) is 45.4 Å². The summed E-state index contributed by atoms with van der Waals surface area (Å²) in [5, 5.41) is 11.3. The zero-order valence-electron chi connectivity index (χ0n) is 42.0. The van der Waals surface area contributed by atoms with Crippen molar-refractivity contribution in [3.8, 4) is 22.3 Å². The summed E-state index contributed by atoms with van der Waals surface area (Å²) in [4.78, 5) is 3.66. The van der Waals surface area contributed by atoms with Gasteiger partial charge < -0.3 is 9.80 Å². The number of anilines is 6. The van der Waals surface area contributed by atoms with Crippen LogP contribution in [0.15, 0.2) is 206 Å². The molecule has 0 aliphatic carbocycles. The highest BCUT2D eigenvalue weighted by Gasteiger charge is 2.28. The van der Waals surface area contributed by atoms with E-state index in [1.165, 1.54) is 34.6 Å². The largest absolute Gasteiger partial charge is 0.307 e. The molecule has 0 bridgehead atoms. The molecule has 0 fully saturated rings. The van der Waals surface area contributed by atoms with Gasteiger partial charge >= 0.3 is 0 Å². The van der Waals surface area contributed by atoms with Crippen LogP contribution in [0, 0.1) is 23.3 Å². The minimum Gasteiger partial charge on any atom is -0.307 e. The molecule has 0 saturated carbocycles. The summed E-state index contributed by atoms with van der Waals surface area (Å²) in [7, 11) is -3.47. The molecule has 0 N–H and O–H groups in total. The van der Waals surface area contributed by atoms with Crippen molar-refractivity contribution in [2.75, 3.05) is 9.80 Å². The van der Waals surface area contributed by atoms with E-state index in [0.717, 1.165) is 53.9 Å². The molecule has 0 amide bonds. The second-order valence-electron chi connectivity index (χ2n) is 21.5. The summed E-state index contributed by atoms with van der Waals surface area (Å²) in [5.74, 6) is -2.24. The van der Waals surface area contributed by atoms with Crippen molar-refractivity contribution in [3.05, 3.63) is 230 Å². The third-order valence-corrected chi connectivity index (χ3v) is 18.9. The average Bonchev–Trinajstić information content (AvgIpc) is 3.40. The van der Waals surface area contributed by atoms with Crippen molar-refractivity contribution in [1.29, 1.82) is 0 Å². The molecule has 8 heteroatoms. The molecule has 0 atom stereocenters. The molecule has 0 unspecified atom stereocenters. The maximum Gasteiger partial charge on any atom is 0.148 e.